The van der Waals surface area contributed by atoms with Crippen LogP contribution in [0.2, 0.25) is 5.02 Å². The molecular weight excluding hydrogens is 262 g/mol. The van der Waals surface area contributed by atoms with Gasteiger partial charge in [-0.2, -0.15) is 0 Å². The van der Waals surface area contributed by atoms with Gasteiger partial charge in [-0.15, -0.1) is 0 Å². The zero-order chi connectivity index (χ0) is 13.7. The van der Waals surface area contributed by atoms with Crippen molar-refractivity contribution in [1.29, 1.82) is 0 Å². The van der Waals surface area contributed by atoms with Crippen molar-refractivity contribution in [3.05, 3.63) is 34.3 Å². The monoisotopic (exact) mass is 283 g/mol. The van der Waals surface area contributed by atoms with E-state index in [1.165, 1.54) is 6.42 Å². The Labute approximate surface area is 120 Å². The van der Waals surface area contributed by atoms with Crippen LogP contribution in [0.5, 0.6) is 0 Å². The van der Waals surface area contributed by atoms with Crippen molar-refractivity contribution in [2.24, 2.45) is 5.73 Å². The van der Waals surface area contributed by atoms with Crippen LogP contribution < -0.4 is 5.73 Å². The summed E-state index contributed by atoms with van der Waals surface area (Å²) in [4.78, 5) is 0. The lowest BCUT2D eigenvalue weighted by molar-refractivity contribution is -0.0363. The fourth-order valence-corrected chi connectivity index (χ4v) is 2.77. The third kappa shape index (κ3) is 4.18. The highest BCUT2D eigenvalue weighted by atomic mass is 35.5. The van der Waals surface area contributed by atoms with Crippen molar-refractivity contribution in [3.8, 4) is 0 Å². The fraction of sp³-hybridized carbons (Fsp3) is 0.600. The Morgan fingerprint density at radius 2 is 2.11 bits per heavy atom. The van der Waals surface area contributed by atoms with E-state index in [2.05, 4.69) is 0 Å². The van der Waals surface area contributed by atoms with Crippen LogP contribution in [0.1, 0.15) is 36.8 Å². The lowest BCUT2D eigenvalue weighted by Gasteiger charge is -2.28. The van der Waals surface area contributed by atoms with Gasteiger partial charge >= 0.3 is 0 Å². The number of hydrogen-bond donors (Lipinski definition) is 1. The van der Waals surface area contributed by atoms with Gasteiger partial charge in [-0.05, 0) is 42.9 Å². The smallest absolute Gasteiger partial charge is 0.0735 e. The molecule has 2 rings (SSSR count). The van der Waals surface area contributed by atoms with E-state index in [4.69, 9.17) is 26.8 Å². The highest BCUT2D eigenvalue weighted by Gasteiger charge is 2.22. The number of rotatable bonds is 5. The normalized spacial score (nSPS) is 23.5. The van der Waals surface area contributed by atoms with Crippen molar-refractivity contribution in [2.75, 3.05) is 7.11 Å². The highest BCUT2D eigenvalue weighted by Crippen LogP contribution is 2.25. The van der Waals surface area contributed by atoms with Crippen LogP contribution >= 0.6 is 11.6 Å². The maximum Gasteiger partial charge on any atom is 0.0735 e. The largest absolute Gasteiger partial charge is 0.381 e. The van der Waals surface area contributed by atoms with Crippen LogP contribution in [-0.4, -0.2) is 19.3 Å². The van der Waals surface area contributed by atoms with Gasteiger partial charge in [0.05, 0.1) is 18.8 Å². The molecule has 0 radical (unpaired) electrons. The second kappa shape index (κ2) is 7.25. The standard InChI is InChI=1S/C15H22ClNO2/c1-18-13-3-2-4-14(8-13)19-10-12-6-5-11(9-17)7-15(12)16/h5-7,13-14H,2-4,8-10,17H2,1H3. The Morgan fingerprint density at radius 1 is 1.32 bits per heavy atom. The minimum atomic E-state index is 0.281. The molecule has 3 nitrogen and oxygen atoms in total. The lowest BCUT2D eigenvalue weighted by Crippen LogP contribution is -2.27. The van der Waals surface area contributed by atoms with Gasteiger partial charge in [-0.3, -0.25) is 0 Å². The predicted molar refractivity (Wildman–Crippen MR) is 77.2 cm³/mol. The molecule has 1 fully saturated rings. The second-order valence-electron chi connectivity index (χ2n) is 5.09. The van der Waals surface area contributed by atoms with Gasteiger partial charge < -0.3 is 15.2 Å². The van der Waals surface area contributed by atoms with E-state index in [9.17, 15) is 0 Å². The average Bonchev–Trinajstić information content (AvgIpc) is 2.46. The summed E-state index contributed by atoms with van der Waals surface area (Å²) in [6.07, 6.45) is 5.02. The van der Waals surface area contributed by atoms with Gasteiger partial charge in [0.2, 0.25) is 0 Å². The maximum absolute atomic E-state index is 6.22. The molecule has 0 saturated heterocycles. The molecule has 2 unspecified atom stereocenters. The molecule has 0 aromatic heterocycles. The quantitative estimate of drug-likeness (QED) is 0.902. The van der Waals surface area contributed by atoms with E-state index in [1.54, 1.807) is 7.11 Å². The first-order valence-corrected chi connectivity index (χ1v) is 7.22. The lowest BCUT2D eigenvalue weighted by atomic mass is 9.95. The summed E-state index contributed by atoms with van der Waals surface area (Å²) in [5.41, 5.74) is 7.66. The summed E-state index contributed by atoms with van der Waals surface area (Å²) in [5.74, 6) is 0. The van der Waals surface area contributed by atoms with Gasteiger partial charge in [-0.1, -0.05) is 23.7 Å². The molecule has 0 bridgehead atoms. The summed E-state index contributed by atoms with van der Waals surface area (Å²) in [6, 6.07) is 5.92. The first kappa shape index (κ1) is 14.8. The molecule has 19 heavy (non-hydrogen) atoms. The molecule has 2 N–H and O–H groups in total. The Morgan fingerprint density at radius 3 is 2.79 bits per heavy atom. The van der Waals surface area contributed by atoms with Crippen LogP contribution in [0.15, 0.2) is 18.2 Å². The van der Waals surface area contributed by atoms with Crippen LogP contribution in [0, 0.1) is 0 Å². The van der Waals surface area contributed by atoms with E-state index in [-0.39, 0.29) is 6.10 Å². The summed E-state index contributed by atoms with van der Waals surface area (Å²) < 4.78 is 11.4. The van der Waals surface area contributed by atoms with Gasteiger partial charge in [0.25, 0.3) is 0 Å². The average molecular weight is 284 g/mol. The zero-order valence-electron chi connectivity index (χ0n) is 11.4. The van der Waals surface area contributed by atoms with Gasteiger partial charge in [0, 0.05) is 18.7 Å². The predicted octanol–water partition coefficient (Wildman–Crippen LogP) is 3.27. The van der Waals surface area contributed by atoms with Crippen molar-refractivity contribution >= 4 is 11.6 Å². The molecule has 0 heterocycles. The highest BCUT2D eigenvalue weighted by molar-refractivity contribution is 6.31. The third-order valence-corrected chi connectivity index (χ3v) is 4.09. The molecule has 106 valence electrons. The van der Waals surface area contributed by atoms with Gasteiger partial charge in [0.1, 0.15) is 0 Å². The number of nitrogens with two attached hydrogens (primary N) is 1. The SMILES string of the molecule is COC1CCCC(OCc2ccc(CN)cc2Cl)C1. The molecule has 4 heteroatoms. The summed E-state index contributed by atoms with van der Waals surface area (Å²) >= 11 is 6.22. The molecule has 0 aliphatic heterocycles. The Kier molecular flexibility index (Phi) is 5.64. The van der Waals surface area contributed by atoms with Crippen molar-refractivity contribution in [1.82, 2.24) is 0 Å². The molecule has 0 amide bonds. The van der Waals surface area contributed by atoms with Crippen molar-refractivity contribution < 1.29 is 9.47 Å². The van der Waals surface area contributed by atoms with Crippen molar-refractivity contribution in [3.63, 3.8) is 0 Å². The van der Waals surface area contributed by atoms with Gasteiger partial charge in [-0.25, -0.2) is 0 Å². The van der Waals surface area contributed by atoms with Crippen LogP contribution in [0.25, 0.3) is 0 Å². The first-order valence-electron chi connectivity index (χ1n) is 6.84. The van der Waals surface area contributed by atoms with E-state index in [0.717, 1.165) is 35.4 Å². The van der Waals surface area contributed by atoms with Crippen LogP contribution in [-0.2, 0) is 22.6 Å². The summed E-state index contributed by atoms with van der Waals surface area (Å²) in [6.45, 7) is 1.07. The summed E-state index contributed by atoms with van der Waals surface area (Å²) in [5, 5.41) is 0.738. The molecule has 2 atom stereocenters. The third-order valence-electron chi connectivity index (χ3n) is 3.74. The number of hydrogen-bond acceptors (Lipinski definition) is 3. The molecule has 0 spiro atoms. The van der Waals surface area contributed by atoms with Crippen LogP contribution in [0.4, 0.5) is 0 Å². The number of halogens is 1. The van der Waals surface area contributed by atoms with Crippen LogP contribution in [0.3, 0.4) is 0 Å². The number of ether oxygens (including phenoxy) is 2. The summed E-state index contributed by atoms with van der Waals surface area (Å²) in [7, 11) is 1.77. The Balaban J connectivity index is 1.88. The number of benzene rings is 1. The minimum absolute atomic E-state index is 0.281. The zero-order valence-corrected chi connectivity index (χ0v) is 12.2. The topological polar surface area (TPSA) is 44.5 Å². The molecular formula is C15H22ClNO2. The van der Waals surface area contributed by atoms with Gasteiger partial charge in [0.15, 0.2) is 0 Å². The molecule has 1 aromatic carbocycles. The van der Waals surface area contributed by atoms with Crippen molar-refractivity contribution in [2.45, 2.75) is 51.0 Å². The Hall–Kier alpha value is -0.610. The maximum atomic E-state index is 6.22. The molecule has 1 aromatic rings. The minimum Gasteiger partial charge on any atom is -0.381 e. The van der Waals surface area contributed by atoms with E-state index in [0.29, 0.717) is 19.3 Å². The molecule has 1 saturated carbocycles. The first-order chi connectivity index (χ1) is 9.22. The second-order valence-corrected chi connectivity index (χ2v) is 5.49. The van der Waals surface area contributed by atoms with E-state index in [1.807, 2.05) is 18.2 Å². The van der Waals surface area contributed by atoms with E-state index >= 15 is 0 Å². The molecule has 1 aliphatic carbocycles. The van der Waals surface area contributed by atoms with E-state index < -0.39 is 0 Å². The fourth-order valence-electron chi connectivity index (χ4n) is 2.51. The Bertz CT molecular complexity index is 411. The molecule has 1 aliphatic rings. The number of methoxy groups -OCH3 is 1.